The highest BCUT2D eigenvalue weighted by atomic mass is 19.1. The minimum Gasteiger partial charge on any atom is -0.501 e. The van der Waals surface area contributed by atoms with Crippen LogP contribution in [-0.4, -0.2) is 50.8 Å². The van der Waals surface area contributed by atoms with Gasteiger partial charge in [0, 0.05) is 19.6 Å². The first-order valence-corrected chi connectivity index (χ1v) is 9.98. The molecule has 0 spiro atoms. The Labute approximate surface area is 183 Å². The molecule has 4 N–H and O–H groups in total. The summed E-state index contributed by atoms with van der Waals surface area (Å²) in [5.41, 5.74) is -2.30. The molecular weight excluding hydrogens is 421 g/mol. The lowest BCUT2D eigenvalue weighted by Gasteiger charge is -2.27. The van der Waals surface area contributed by atoms with Crippen molar-refractivity contribution >= 4 is 17.7 Å². The number of aromatic hydroxyl groups is 1. The molecule has 0 fully saturated rings. The molecule has 0 radical (unpaired) electrons. The predicted octanol–water partition coefficient (Wildman–Crippen LogP) is 0.764. The van der Waals surface area contributed by atoms with Gasteiger partial charge in [-0.25, -0.2) is 9.37 Å². The molecule has 0 saturated carbocycles. The summed E-state index contributed by atoms with van der Waals surface area (Å²) >= 11 is 0. The number of hydrogen-bond donors (Lipinski definition) is 4. The Bertz CT molecular complexity index is 1060. The third kappa shape index (κ3) is 5.68. The van der Waals surface area contributed by atoms with Crippen LogP contribution in [-0.2, 0) is 21.7 Å². The number of benzene rings is 1. The van der Waals surface area contributed by atoms with Gasteiger partial charge in [-0.3, -0.25) is 19.2 Å². The Kier molecular flexibility index (Phi) is 7.68. The zero-order valence-corrected chi connectivity index (χ0v) is 18.3. The number of aromatic nitrogens is 2. The molecule has 0 bridgehead atoms. The molecular formula is C21H26FN5O5. The fourth-order valence-corrected chi connectivity index (χ4v) is 2.84. The minimum absolute atomic E-state index is 0.000860. The van der Waals surface area contributed by atoms with E-state index >= 15 is 0 Å². The second-order valence-electron chi connectivity index (χ2n) is 7.48. The highest BCUT2D eigenvalue weighted by molar-refractivity contribution is 6.35. The quantitative estimate of drug-likeness (QED) is 0.461. The van der Waals surface area contributed by atoms with Crippen LogP contribution in [0.5, 0.6) is 5.75 Å². The predicted molar refractivity (Wildman–Crippen MR) is 113 cm³/mol. The van der Waals surface area contributed by atoms with E-state index in [9.17, 15) is 28.7 Å². The maximum atomic E-state index is 13.0. The molecule has 3 amide bonds. The van der Waals surface area contributed by atoms with Gasteiger partial charge in [-0.2, -0.15) is 0 Å². The van der Waals surface area contributed by atoms with E-state index < -0.39 is 46.1 Å². The third-order valence-corrected chi connectivity index (χ3v) is 4.74. The van der Waals surface area contributed by atoms with Crippen molar-refractivity contribution in [2.75, 3.05) is 13.1 Å². The molecule has 1 aromatic heterocycles. The molecule has 0 saturated heterocycles. The van der Waals surface area contributed by atoms with Crippen LogP contribution in [0, 0.1) is 5.82 Å². The normalized spacial score (nSPS) is 11.0. The number of hydrogen-bond acceptors (Lipinski definition) is 6. The molecule has 172 valence electrons. The monoisotopic (exact) mass is 447 g/mol. The van der Waals surface area contributed by atoms with Crippen LogP contribution in [0.15, 0.2) is 29.1 Å². The zero-order chi connectivity index (χ0) is 24.1. The smallest absolute Gasteiger partial charge is 0.311 e. The summed E-state index contributed by atoms with van der Waals surface area (Å²) in [6, 6.07) is 5.40. The van der Waals surface area contributed by atoms with E-state index in [0.717, 1.165) is 0 Å². The number of carbonyl (C=O) groups excluding carboxylic acids is 3. The number of aromatic amines is 1. The van der Waals surface area contributed by atoms with Crippen LogP contribution in [0.2, 0.25) is 0 Å². The largest absolute Gasteiger partial charge is 0.501 e. The van der Waals surface area contributed by atoms with Crippen molar-refractivity contribution < 1.29 is 23.9 Å². The number of carbonyl (C=O) groups is 3. The van der Waals surface area contributed by atoms with Crippen LogP contribution >= 0.6 is 0 Å². The first kappa shape index (κ1) is 24.5. The molecule has 11 heteroatoms. The van der Waals surface area contributed by atoms with Crippen molar-refractivity contribution in [1.82, 2.24) is 25.5 Å². The summed E-state index contributed by atoms with van der Waals surface area (Å²) in [7, 11) is 0. The molecule has 1 aromatic carbocycles. The summed E-state index contributed by atoms with van der Waals surface area (Å²) in [5.74, 6) is -3.96. The lowest BCUT2D eigenvalue weighted by Crippen LogP contribution is -2.50. The number of rotatable bonds is 7. The maximum absolute atomic E-state index is 13.0. The van der Waals surface area contributed by atoms with E-state index in [1.807, 2.05) is 0 Å². The van der Waals surface area contributed by atoms with Gasteiger partial charge in [-0.1, -0.05) is 12.1 Å². The lowest BCUT2D eigenvalue weighted by molar-refractivity contribution is -0.146. The van der Waals surface area contributed by atoms with Crippen molar-refractivity contribution in [1.29, 1.82) is 0 Å². The Balaban J connectivity index is 2.24. The molecule has 2 aromatic rings. The van der Waals surface area contributed by atoms with E-state index in [4.69, 9.17) is 0 Å². The van der Waals surface area contributed by atoms with E-state index in [0.29, 0.717) is 18.7 Å². The van der Waals surface area contributed by atoms with Crippen LogP contribution in [0.25, 0.3) is 0 Å². The number of halogens is 1. The number of amides is 3. The van der Waals surface area contributed by atoms with Gasteiger partial charge in [0.05, 0.1) is 5.54 Å². The highest BCUT2D eigenvalue weighted by Crippen LogP contribution is 2.18. The van der Waals surface area contributed by atoms with Crippen molar-refractivity contribution in [3.8, 4) is 5.75 Å². The molecule has 0 unspecified atom stereocenters. The Hall–Kier alpha value is -3.76. The fraction of sp³-hybridized carbons (Fsp3) is 0.381. The average molecular weight is 447 g/mol. The molecule has 0 aliphatic rings. The van der Waals surface area contributed by atoms with Gasteiger partial charge in [-0.15, -0.1) is 0 Å². The fourth-order valence-electron chi connectivity index (χ4n) is 2.84. The summed E-state index contributed by atoms with van der Waals surface area (Å²) in [4.78, 5) is 57.0. The lowest BCUT2D eigenvalue weighted by atomic mass is 10.0. The van der Waals surface area contributed by atoms with Crippen LogP contribution < -0.4 is 16.2 Å². The number of likely N-dealkylation sites (N-methyl/N-ethyl adjacent to an activating group) is 1. The van der Waals surface area contributed by atoms with Crippen LogP contribution in [0.4, 0.5) is 4.39 Å². The van der Waals surface area contributed by atoms with E-state index in [-0.39, 0.29) is 12.4 Å². The van der Waals surface area contributed by atoms with Crippen molar-refractivity contribution in [2.45, 2.75) is 39.8 Å². The third-order valence-electron chi connectivity index (χ3n) is 4.74. The molecule has 1 heterocycles. The Morgan fingerprint density at radius 1 is 1.16 bits per heavy atom. The first-order valence-electron chi connectivity index (χ1n) is 9.98. The van der Waals surface area contributed by atoms with Gasteiger partial charge in [0.1, 0.15) is 11.6 Å². The van der Waals surface area contributed by atoms with Crippen molar-refractivity contribution in [2.24, 2.45) is 0 Å². The summed E-state index contributed by atoms with van der Waals surface area (Å²) in [6.07, 6.45) is 0. The number of nitrogens with zero attached hydrogens (tertiary/aromatic N) is 2. The maximum Gasteiger partial charge on any atom is 0.311 e. The highest BCUT2D eigenvalue weighted by Gasteiger charge is 2.32. The van der Waals surface area contributed by atoms with Gasteiger partial charge < -0.3 is 25.6 Å². The Morgan fingerprint density at radius 2 is 1.75 bits per heavy atom. The number of H-pyrrole nitrogens is 1. The van der Waals surface area contributed by atoms with Gasteiger partial charge in [0.25, 0.3) is 11.5 Å². The van der Waals surface area contributed by atoms with Gasteiger partial charge >= 0.3 is 11.8 Å². The van der Waals surface area contributed by atoms with Crippen molar-refractivity contribution in [3.63, 3.8) is 0 Å². The average Bonchev–Trinajstić information content (AvgIpc) is 2.75. The molecule has 0 aliphatic heterocycles. The van der Waals surface area contributed by atoms with Crippen LogP contribution in [0.3, 0.4) is 0 Å². The molecule has 32 heavy (non-hydrogen) atoms. The van der Waals surface area contributed by atoms with Crippen molar-refractivity contribution in [3.05, 3.63) is 57.5 Å². The molecule has 10 nitrogen and oxygen atoms in total. The first-order chi connectivity index (χ1) is 15.0. The van der Waals surface area contributed by atoms with Gasteiger partial charge in [0.2, 0.25) is 5.75 Å². The summed E-state index contributed by atoms with van der Waals surface area (Å²) in [6.45, 7) is 7.11. The van der Waals surface area contributed by atoms with Crippen LogP contribution in [0.1, 0.15) is 49.6 Å². The second-order valence-corrected chi connectivity index (χ2v) is 7.48. The molecule has 2 rings (SSSR count). The standard InChI is InChI=1S/C21H26FN5O5/c1-5-27(6-2)19(32)18(31)26-21(3,4)20-24-14(15(28)17(30)25-20)16(29)23-11-12-7-9-13(22)10-8-12/h7-10,28H,5-6,11H2,1-4H3,(H,23,29)(H,26,31)(H,24,25,30). The zero-order valence-electron chi connectivity index (χ0n) is 18.3. The SMILES string of the molecule is CCN(CC)C(=O)C(=O)NC(C)(C)c1nc(C(=O)NCc2ccc(F)cc2)c(O)c(=O)[nH]1. The number of nitrogens with one attached hydrogen (secondary N) is 3. The minimum atomic E-state index is -1.35. The Morgan fingerprint density at radius 3 is 2.31 bits per heavy atom. The summed E-state index contributed by atoms with van der Waals surface area (Å²) < 4.78 is 13.0. The van der Waals surface area contributed by atoms with E-state index in [1.165, 1.54) is 43.0 Å². The van der Waals surface area contributed by atoms with Gasteiger partial charge in [-0.05, 0) is 45.4 Å². The topological polar surface area (TPSA) is 144 Å². The summed E-state index contributed by atoms with van der Waals surface area (Å²) in [5, 5.41) is 15.0. The van der Waals surface area contributed by atoms with Gasteiger partial charge in [0.15, 0.2) is 5.69 Å². The molecule has 0 aliphatic carbocycles. The second kappa shape index (κ2) is 10.0. The van der Waals surface area contributed by atoms with E-state index in [1.54, 1.807) is 13.8 Å². The van der Waals surface area contributed by atoms with E-state index in [2.05, 4.69) is 20.6 Å². The molecule has 0 atom stereocenters.